The van der Waals surface area contributed by atoms with Crippen molar-refractivity contribution >= 4 is 5.97 Å². The fourth-order valence-electron chi connectivity index (χ4n) is 1.45. The monoisotopic (exact) mass is 205 g/mol. The number of nitriles is 1. The summed E-state index contributed by atoms with van der Waals surface area (Å²) in [7, 11) is 0. The van der Waals surface area contributed by atoms with E-state index < -0.39 is 5.97 Å². The van der Waals surface area contributed by atoms with Crippen LogP contribution < -0.4 is 0 Å². The Morgan fingerprint density at radius 1 is 1.53 bits per heavy atom. The van der Waals surface area contributed by atoms with Gasteiger partial charge in [-0.15, -0.1) is 0 Å². The second-order valence-electron chi connectivity index (χ2n) is 3.14. The van der Waals surface area contributed by atoms with Crippen LogP contribution >= 0.6 is 0 Å². The van der Waals surface area contributed by atoms with Crippen molar-refractivity contribution in [2.45, 2.75) is 19.8 Å². The zero-order valence-corrected chi connectivity index (χ0v) is 8.32. The molecular formula is C11H11NO3. The van der Waals surface area contributed by atoms with Crippen LogP contribution in [0.4, 0.5) is 0 Å². The molecule has 0 aromatic heterocycles. The lowest BCUT2D eigenvalue weighted by Gasteiger charge is -2.08. The van der Waals surface area contributed by atoms with Gasteiger partial charge in [0, 0.05) is 11.1 Å². The number of carboxylic acids is 1. The van der Waals surface area contributed by atoms with Gasteiger partial charge in [-0.25, -0.2) is 0 Å². The van der Waals surface area contributed by atoms with E-state index in [0.717, 1.165) is 0 Å². The van der Waals surface area contributed by atoms with Crippen molar-refractivity contribution in [3.63, 3.8) is 0 Å². The normalized spacial score (nSPS) is 9.60. The van der Waals surface area contributed by atoms with Crippen molar-refractivity contribution in [2.75, 3.05) is 0 Å². The third-order valence-corrected chi connectivity index (χ3v) is 2.18. The summed E-state index contributed by atoms with van der Waals surface area (Å²) in [6.45, 7) is 1.81. The quantitative estimate of drug-likeness (QED) is 0.782. The minimum atomic E-state index is -1.00. The summed E-state index contributed by atoms with van der Waals surface area (Å²) in [5.41, 5.74) is 1.25. The van der Waals surface area contributed by atoms with Crippen LogP contribution in [0.5, 0.6) is 5.75 Å². The predicted molar refractivity (Wildman–Crippen MR) is 53.5 cm³/mol. The van der Waals surface area contributed by atoms with E-state index in [9.17, 15) is 9.90 Å². The van der Waals surface area contributed by atoms with E-state index in [0.29, 0.717) is 23.1 Å². The zero-order chi connectivity index (χ0) is 11.4. The topological polar surface area (TPSA) is 81.3 Å². The van der Waals surface area contributed by atoms with Gasteiger partial charge in [-0.2, -0.15) is 5.26 Å². The molecule has 0 aliphatic rings. The molecule has 0 aliphatic heterocycles. The molecule has 1 aromatic carbocycles. The molecule has 2 N–H and O–H groups in total. The van der Waals surface area contributed by atoms with Crippen LogP contribution in [0.2, 0.25) is 0 Å². The molecule has 0 bridgehead atoms. The Hall–Kier alpha value is -2.02. The van der Waals surface area contributed by atoms with Gasteiger partial charge >= 0.3 is 5.97 Å². The third kappa shape index (κ3) is 2.26. The molecule has 0 saturated heterocycles. The van der Waals surface area contributed by atoms with E-state index in [2.05, 4.69) is 0 Å². The Labute approximate surface area is 87.4 Å². The Bertz CT molecular complexity index is 432. The lowest BCUT2D eigenvalue weighted by atomic mass is 9.99. The van der Waals surface area contributed by atoms with Crippen LogP contribution in [0.25, 0.3) is 0 Å². The summed E-state index contributed by atoms with van der Waals surface area (Å²) in [4.78, 5) is 10.5. The number of hydrogen-bond donors (Lipinski definition) is 2. The summed E-state index contributed by atoms with van der Waals surface area (Å²) in [5.74, 6) is -1.07. The van der Waals surface area contributed by atoms with Crippen LogP contribution in [0.1, 0.15) is 23.6 Å². The fourth-order valence-corrected chi connectivity index (χ4v) is 1.45. The van der Waals surface area contributed by atoms with Crippen molar-refractivity contribution < 1.29 is 15.0 Å². The molecule has 0 radical (unpaired) electrons. The van der Waals surface area contributed by atoms with Gasteiger partial charge in [-0.1, -0.05) is 13.0 Å². The van der Waals surface area contributed by atoms with Crippen molar-refractivity contribution in [2.24, 2.45) is 0 Å². The Morgan fingerprint density at radius 3 is 2.67 bits per heavy atom. The van der Waals surface area contributed by atoms with Crippen molar-refractivity contribution in [1.82, 2.24) is 0 Å². The van der Waals surface area contributed by atoms with Crippen molar-refractivity contribution in [3.8, 4) is 11.8 Å². The molecule has 0 aliphatic carbocycles. The van der Waals surface area contributed by atoms with Gasteiger partial charge < -0.3 is 10.2 Å². The van der Waals surface area contributed by atoms with E-state index in [1.54, 1.807) is 6.92 Å². The van der Waals surface area contributed by atoms with Crippen LogP contribution in [0.3, 0.4) is 0 Å². The number of rotatable bonds is 3. The molecule has 15 heavy (non-hydrogen) atoms. The molecule has 0 heterocycles. The summed E-state index contributed by atoms with van der Waals surface area (Å²) in [5, 5.41) is 27.1. The fraction of sp³-hybridized carbons (Fsp3) is 0.273. The number of phenolic OH excluding ortho intramolecular Hbond substituents is 1. The smallest absolute Gasteiger partial charge is 0.307 e. The number of carboxylic acid groups (broad SMARTS) is 1. The molecule has 0 unspecified atom stereocenters. The second kappa shape index (κ2) is 4.47. The Morgan fingerprint density at radius 2 is 2.20 bits per heavy atom. The maximum Gasteiger partial charge on any atom is 0.307 e. The Kier molecular flexibility index (Phi) is 3.29. The first kappa shape index (κ1) is 11.1. The maximum atomic E-state index is 10.5. The molecule has 4 heteroatoms. The Balaban J connectivity index is 3.24. The average molecular weight is 205 g/mol. The van der Waals surface area contributed by atoms with Gasteiger partial charge in [0.15, 0.2) is 0 Å². The van der Waals surface area contributed by atoms with Gasteiger partial charge in [0.1, 0.15) is 5.75 Å². The lowest BCUT2D eigenvalue weighted by molar-refractivity contribution is -0.136. The number of aromatic hydroxyl groups is 1. The number of hydrogen-bond acceptors (Lipinski definition) is 3. The number of nitrogens with zero attached hydrogens (tertiary/aromatic N) is 1. The summed E-state index contributed by atoms with van der Waals surface area (Å²) < 4.78 is 0. The molecule has 1 aromatic rings. The minimum Gasteiger partial charge on any atom is -0.507 e. The van der Waals surface area contributed by atoms with Crippen molar-refractivity contribution in [3.05, 3.63) is 28.8 Å². The highest BCUT2D eigenvalue weighted by molar-refractivity contribution is 5.72. The first-order valence-corrected chi connectivity index (χ1v) is 4.55. The van der Waals surface area contributed by atoms with Crippen molar-refractivity contribution in [1.29, 1.82) is 5.26 Å². The highest BCUT2D eigenvalue weighted by atomic mass is 16.4. The van der Waals surface area contributed by atoms with Crippen LogP contribution in [-0.2, 0) is 17.6 Å². The van der Waals surface area contributed by atoms with Crippen LogP contribution in [-0.4, -0.2) is 16.2 Å². The molecule has 0 amide bonds. The van der Waals surface area contributed by atoms with Gasteiger partial charge in [-0.3, -0.25) is 4.79 Å². The first-order chi connectivity index (χ1) is 7.10. The lowest BCUT2D eigenvalue weighted by Crippen LogP contribution is -2.02. The van der Waals surface area contributed by atoms with E-state index >= 15 is 0 Å². The van der Waals surface area contributed by atoms with Gasteiger partial charge in [-0.05, 0) is 12.5 Å². The summed E-state index contributed by atoms with van der Waals surface area (Å²) >= 11 is 0. The number of phenols is 1. The molecule has 1 rings (SSSR count). The van der Waals surface area contributed by atoms with Gasteiger partial charge in [0.2, 0.25) is 0 Å². The zero-order valence-electron chi connectivity index (χ0n) is 8.32. The molecule has 0 fully saturated rings. The molecule has 0 atom stereocenters. The van der Waals surface area contributed by atoms with E-state index in [1.807, 2.05) is 6.07 Å². The van der Waals surface area contributed by atoms with E-state index in [-0.39, 0.29) is 12.2 Å². The summed E-state index contributed by atoms with van der Waals surface area (Å²) in [6, 6.07) is 4.97. The maximum absolute atomic E-state index is 10.5. The van der Waals surface area contributed by atoms with Crippen LogP contribution in [0, 0.1) is 11.3 Å². The predicted octanol–water partition coefficient (Wildman–Crippen LogP) is 1.45. The summed E-state index contributed by atoms with van der Waals surface area (Å²) in [6.07, 6.45) is 0.271. The number of carbonyl (C=O) groups is 1. The van der Waals surface area contributed by atoms with E-state index in [1.165, 1.54) is 12.1 Å². The SMILES string of the molecule is CCc1c(C#N)ccc(CC(=O)O)c1O. The minimum absolute atomic E-state index is 0.0704. The average Bonchev–Trinajstić information content (AvgIpc) is 2.20. The first-order valence-electron chi connectivity index (χ1n) is 4.55. The number of aliphatic carboxylic acids is 1. The second-order valence-corrected chi connectivity index (χ2v) is 3.14. The van der Waals surface area contributed by atoms with Gasteiger partial charge in [0.05, 0.1) is 18.1 Å². The highest BCUT2D eigenvalue weighted by Gasteiger charge is 2.12. The molecule has 78 valence electrons. The highest BCUT2D eigenvalue weighted by Crippen LogP contribution is 2.26. The van der Waals surface area contributed by atoms with E-state index in [4.69, 9.17) is 10.4 Å². The third-order valence-electron chi connectivity index (χ3n) is 2.18. The largest absolute Gasteiger partial charge is 0.507 e. The molecule has 0 spiro atoms. The molecule has 0 saturated carbocycles. The standard InChI is InChI=1S/C11H11NO3/c1-2-9-8(6-12)4-3-7(11(9)15)5-10(13)14/h3-4,15H,2,5H2,1H3,(H,13,14). The molecular weight excluding hydrogens is 194 g/mol. The number of benzene rings is 1. The van der Waals surface area contributed by atoms with Crippen LogP contribution in [0.15, 0.2) is 12.1 Å². The molecule has 4 nitrogen and oxygen atoms in total. The van der Waals surface area contributed by atoms with Gasteiger partial charge in [0.25, 0.3) is 0 Å².